The number of nitrogens with zero attached hydrogens (tertiary/aromatic N) is 2. The quantitative estimate of drug-likeness (QED) is 0.151. The molecule has 0 saturated carbocycles. The average Bonchev–Trinajstić information content (AvgIpc) is 3.81. The first-order chi connectivity index (χ1) is 25.3. The molecule has 11 aromatic rings. The summed E-state index contributed by atoms with van der Waals surface area (Å²) in [6.07, 6.45) is 0. The highest BCUT2D eigenvalue weighted by atomic mass is 16.3. The number of para-hydroxylation sites is 2. The van der Waals surface area contributed by atoms with Gasteiger partial charge in [0.05, 0.1) is 16.4 Å². The number of benzene rings is 8. The molecule has 232 valence electrons. The summed E-state index contributed by atoms with van der Waals surface area (Å²) in [5.41, 5.74) is 20.3. The Morgan fingerprint density at radius 1 is 0.529 bits per heavy atom. The van der Waals surface area contributed by atoms with Crippen molar-refractivity contribution in [2.45, 2.75) is 6.92 Å². The van der Waals surface area contributed by atoms with E-state index in [2.05, 4.69) is 149 Å². The van der Waals surface area contributed by atoms with Gasteiger partial charge in [-0.05, 0) is 92.3 Å². The van der Waals surface area contributed by atoms with E-state index < -0.39 is 0 Å². The van der Waals surface area contributed by atoms with Crippen LogP contribution in [0.4, 0.5) is 0 Å². The molecule has 14 rings (SSSR count). The second-order valence-corrected chi connectivity index (χ2v) is 14.8. The molecule has 0 fully saturated rings. The van der Waals surface area contributed by atoms with Gasteiger partial charge in [-0.1, -0.05) is 103 Å². The van der Waals surface area contributed by atoms with Crippen LogP contribution in [-0.2, 0) is 0 Å². The summed E-state index contributed by atoms with van der Waals surface area (Å²) in [7, 11) is 0. The first-order valence-electron chi connectivity index (χ1n) is 17.9. The van der Waals surface area contributed by atoms with Crippen molar-refractivity contribution in [1.29, 1.82) is 0 Å². The van der Waals surface area contributed by atoms with Crippen molar-refractivity contribution in [3.63, 3.8) is 0 Å². The fraction of sp³-hybridized carbons (Fsp3) is 0.0213. The molecule has 8 aromatic carbocycles. The summed E-state index contributed by atoms with van der Waals surface area (Å²) >= 11 is 0. The number of hydrogen-bond acceptors (Lipinski definition) is 1. The molecular formula is C47H25BN2O. The number of furan rings is 1. The van der Waals surface area contributed by atoms with E-state index >= 15 is 0 Å². The highest BCUT2D eigenvalue weighted by molar-refractivity contribution is 6.90. The van der Waals surface area contributed by atoms with Crippen molar-refractivity contribution in [2.75, 3.05) is 0 Å². The molecule has 0 N–H and O–H groups in total. The van der Waals surface area contributed by atoms with Crippen molar-refractivity contribution >= 4 is 94.1 Å². The van der Waals surface area contributed by atoms with Crippen LogP contribution < -0.4 is 10.9 Å². The zero-order chi connectivity index (χ0) is 32.9. The first kappa shape index (κ1) is 25.5. The van der Waals surface area contributed by atoms with Crippen molar-refractivity contribution in [3.8, 4) is 39.1 Å². The molecule has 0 atom stereocenters. The Morgan fingerprint density at radius 3 is 2.14 bits per heavy atom. The molecule has 3 aliphatic rings. The lowest BCUT2D eigenvalue weighted by molar-refractivity contribution is 0.673. The molecule has 0 unspecified atom stereocenters. The molecule has 0 amide bonds. The monoisotopic (exact) mass is 644 g/mol. The third-order valence-electron chi connectivity index (χ3n) is 12.5. The lowest BCUT2D eigenvalue weighted by Crippen LogP contribution is -2.55. The molecule has 51 heavy (non-hydrogen) atoms. The Kier molecular flexibility index (Phi) is 4.12. The minimum atomic E-state index is -0.00873. The maximum atomic E-state index is 6.79. The zero-order valence-electron chi connectivity index (χ0n) is 27.6. The molecule has 3 aromatic heterocycles. The molecule has 4 heteroatoms. The summed E-state index contributed by atoms with van der Waals surface area (Å²) < 4.78 is 12.1. The maximum absolute atomic E-state index is 6.79. The van der Waals surface area contributed by atoms with Crippen LogP contribution >= 0.6 is 0 Å². The van der Waals surface area contributed by atoms with E-state index in [1.807, 2.05) is 0 Å². The van der Waals surface area contributed by atoms with E-state index in [9.17, 15) is 0 Å². The van der Waals surface area contributed by atoms with Crippen molar-refractivity contribution in [1.82, 2.24) is 9.05 Å². The lowest BCUT2D eigenvalue weighted by atomic mass is 9.45. The Labute approximate surface area is 291 Å². The van der Waals surface area contributed by atoms with Gasteiger partial charge < -0.3 is 13.5 Å². The molecule has 0 bridgehead atoms. The van der Waals surface area contributed by atoms with Gasteiger partial charge in [0.1, 0.15) is 11.2 Å². The van der Waals surface area contributed by atoms with E-state index in [0.717, 1.165) is 11.2 Å². The van der Waals surface area contributed by atoms with Gasteiger partial charge in [0, 0.05) is 49.2 Å². The third kappa shape index (κ3) is 2.67. The second-order valence-electron chi connectivity index (χ2n) is 14.8. The van der Waals surface area contributed by atoms with E-state index in [1.54, 1.807) is 0 Å². The lowest BCUT2D eigenvalue weighted by Gasteiger charge is -2.35. The predicted molar refractivity (Wildman–Crippen MR) is 214 cm³/mol. The Balaban J connectivity index is 1.27. The molecule has 1 aliphatic carbocycles. The number of aryl methyl sites for hydroxylation is 1. The molecule has 3 nitrogen and oxygen atoms in total. The fourth-order valence-electron chi connectivity index (χ4n) is 10.7. The summed E-state index contributed by atoms with van der Waals surface area (Å²) in [6.45, 7) is 2.29. The Morgan fingerprint density at radius 2 is 1.25 bits per heavy atom. The van der Waals surface area contributed by atoms with Crippen molar-refractivity contribution in [3.05, 3.63) is 139 Å². The van der Waals surface area contributed by atoms with Gasteiger partial charge in [0.15, 0.2) is 0 Å². The minimum Gasteiger partial charge on any atom is -0.455 e. The molecule has 2 aliphatic heterocycles. The van der Waals surface area contributed by atoms with E-state index in [4.69, 9.17) is 4.42 Å². The molecule has 5 heterocycles. The van der Waals surface area contributed by atoms with E-state index in [0.29, 0.717) is 0 Å². The number of hydrogen-bond donors (Lipinski definition) is 0. The van der Waals surface area contributed by atoms with Gasteiger partial charge in [-0.25, -0.2) is 0 Å². The molecule has 0 spiro atoms. The van der Waals surface area contributed by atoms with E-state index in [-0.39, 0.29) is 6.85 Å². The highest BCUT2D eigenvalue weighted by Gasteiger charge is 2.43. The van der Waals surface area contributed by atoms with Gasteiger partial charge in [0.2, 0.25) is 0 Å². The minimum absolute atomic E-state index is 0.00873. The summed E-state index contributed by atoms with van der Waals surface area (Å²) in [5.74, 6) is 0. The van der Waals surface area contributed by atoms with Crippen LogP contribution in [0.2, 0.25) is 0 Å². The van der Waals surface area contributed by atoms with Crippen molar-refractivity contribution < 1.29 is 4.42 Å². The van der Waals surface area contributed by atoms with Crippen molar-refractivity contribution in [2.24, 2.45) is 0 Å². The number of aromatic nitrogens is 2. The van der Waals surface area contributed by atoms with E-state index in [1.165, 1.54) is 121 Å². The highest BCUT2D eigenvalue weighted by Crippen LogP contribution is 2.52. The number of rotatable bonds is 0. The summed E-state index contributed by atoms with van der Waals surface area (Å²) in [4.78, 5) is 0. The van der Waals surface area contributed by atoms with Crippen LogP contribution in [0.25, 0.3) is 115 Å². The summed E-state index contributed by atoms with van der Waals surface area (Å²) in [6, 6.07) is 50.0. The van der Waals surface area contributed by atoms with Crippen LogP contribution in [0.15, 0.2) is 138 Å². The third-order valence-corrected chi connectivity index (χ3v) is 12.5. The summed E-state index contributed by atoms with van der Waals surface area (Å²) in [5, 5.41) is 10.2. The smallest absolute Gasteiger partial charge is 0.333 e. The normalized spacial score (nSPS) is 13.5. The largest absolute Gasteiger partial charge is 0.455 e. The molecular weight excluding hydrogens is 619 g/mol. The van der Waals surface area contributed by atoms with Crippen LogP contribution in [0.1, 0.15) is 5.56 Å². The SMILES string of the molecule is Cc1ccc2c3c1-c1cc4c5ccccc5oc4c4c5ccccc5n(c14)B3c1cc3cccc4c3c3c5c(cccc5n-2c13)-c1ccccc1-4. The van der Waals surface area contributed by atoms with Crippen LogP contribution in [-0.4, -0.2) is 15.9 Å². The van der Waals surface area contributed by atoms with Crippen LogP contribution in [0.5, 0.6) is 0 Å². The standard InChI is InChI=1S/C47H25BN2O/c1-24-20-21-37-44-39(24)33-23-32-28-13-5-7-19-38(28)51-47(32)42-31-14-4-6-17-35(31)50(45(33)42)48(44)34-22-25-10-8-15-29-26-11-2-3-12-27(26)30-16-9-18-36-41(30)43(40(25)29)46(34)49(36)37/h2-23H,1H3. The number of fused-ring (bicyclic) bond motifs is 15. The Bertz CT molecular complexity index is 3500. The second kappa shape index (κ2) is 8.26. The first-order valence-corrected chi connectivity index (χ1v) is 17.9. The molecule has 0 saturated heterocycles. The van der Waals surface area contributed by atoms with Gasteiger partial charge in [-0.3, -0.25) is 0 Å². The van der Waals surface area contributed by atoms with Gasteiger partial charge in [-0.2, -0.15) is 0 Å². The molecule has 0 radical (unpaired) electrons. The van der Waals surface area contributed by atoms with Gasteiger partial charge in [0.25, 0.3) is 0 Å². The van der Waals surface area contributed by atoms with Crippen LogP contribution in [0.3, 0.4) is 0 Å². The fourth-order valence-corrected chi connectivity index (χ4v) is 10.7. The zero-order valence-corrected chi connectivity index (χ0v) is 27.6. The topological polar surface area (TPSA) is 23.0 Å². The van der Waals surface area contributed by atoms with Gasteiger partial charge in [-0.15, -0.1) is 0 Å². The predicted octanol–water partition coefficient (Wildman–Crippen LogP) is 10.8. The van der Waals surface area contributed by atoms with Crippen LogP contribution in [0, 0.1) is 6.92 Å². The average molecular weight is 645 g/mol. The maximum Gasteiger partial charge on any atom is 0.333 e. The Hall–Kier alpha value is -6.52. The van der Waals surface area contributed by atoms with Gasteiger partial charge >= 0.3 is 6.85 Å².